The molecule has 8 nitrogen and oxygen atoms in total. The van der Waals surface area contributed by atoms with Crippen molar-refractivity contribution in [1.29, 1.82) is 0 Å². The Balaban J connectivity index is 1.50. The van der Waals surface area contributed by atoms with Gasteiger partial charge < -0.3 is 19.4 Å². The van der Waals surface area contributed by atoms with E-state index in [0.29, 0.717) is 24.4 Å². The van der Waals surface area contributed by atoms with E-state index in [1.165, 1.54) is 0 Å². The fourth-order valence-corrected chi connectivity index (χ4v) is 5.34. The molecule has 0 bridgehead atoms. The van der Waals surface area contributed by atoms with Crippen LogP contribution in [0.4, 0.5) is 5.69 Å². The maximum atomic E-state index is 13.8. The summed E-state index contributed by atoms with van der Waals surface area (Å²) in [5, 5.41) is 3.04. The van der Waals surface area contributed by atoms with E-state index in [2.05, 4.69) is 15.3 Å². The molecular weight excluding hydrogens is 404 g/mol. The minimum Gasteiger partial charge on any atom is -0.336 e. The number of anilines is 1. The highest BCUT2D eigenvalue weighted by atomic mass is 16.2. The van der Waals surface area contributed by atoms with Gasteiger partial charge in [-0.05, 0) is 36.2 Å². The Morgan fingerprint density at radius 2 is 1.97 bits per heavy atom. The van der Waals surface area contributed by atoms with Gasteiger partial charge in [0.15, 0.2) is 0 Å². The van der Waals surface area contributed by atoms with Crippen molar-refractivity contribution in [3.63, 3.8) is 0 Å². The summed E-state index contributed by atoms with van der Waals surface area (Å²) in [6, 6.07) is 12.8. The molecule has 1 saturated heterocycles. The van der Waals surface area contributed by atoms with Crippen LogP contribution in [0.25, 0.3) is 11.0 Å². The van der Waals surface area contributed by atoms with Crippen LogP contribution in [0.5, 0.6) is 0 Å². The number of para-hydroxylation sites is 1. The molecule has 1 spiro atoms. The number of likely N-dealkylation sites (tertiary alicyclic amines) is 1. The van der Waals surface area contributed by atoms with Crippen LogP contribution in [-0.2, 0) is 24.3 Å². The molecule has 160 valence electrons. The molecule has 0 unspecified atom stereocenters. The molecule has 4 aromatic rings. The lowest BCUT2D eigenvalue weighted by Gasteiger charge is -2.33. The van der Waals surface area contributed by atoms with Crippen LogP contribution in [0, 0.1) is 0 Å². The van der Waals surface area contributed by atoms with Crippen LogP contribution in [0.1, 0.15) is 34.2 Å². The van der Waals surface area contributed by atoms with Crippen molar-refractivity contribution >= 4 is 28.5 Å². The van der Waals surface area contributed by atoms with E-state index in [9.17, 15) is 9.59 Å². The predicted octanol–water partition coefficient (Wildman–Crippen LogP) is 2.78. The van der Waals surface area contributed by atoms with E-state index in [-0.39, 0.29) is 11.8 Å². The van der Waals surface area contributed by atoms with E-state index in [0.717, 1.165) is 22.3 Å². The van der Waals surface area contributed by atoms with Gasteiger partial charge in [0.2, 0.25) is 5.91 Å². The number of rotatable bonds is 2. The maximum Gasteiger partial charge on any atom is 0.254 e. The first-order valence-corrected chi connectivity index (χ1v) is 10.6. The lowest BCUT2D eigenvalue weighted by molar-refractivity contribution is -0.121. The summed E-state index contributed by atoms with van der Waals surface area (Å²) in [6.45, 7) is 0.457. The molecule has 1 N–H and O–H groups in total. The molecule has 0 aliphatic carbocycles. The van der Waals surface area contributed by atoms with Crippen LogP contribution in [-0.4, -0.2) is 42.4 Å². The van der Waals surface area contributed by atoms with Crippen LogP contribution in [0.15, 0.2) is 61.2 Å². The first-order chi connectivity index (χ1) is 15.5. The average Bonchev–Trinajstić information content (AvgIpc) is 3.55. The summed E-state index contributed by atoms with van der Waals surface area (Å²) in [4.78, 5) is 38.0. The molecule has 2 aliphatic heterocycles. The number of nitrogens with one attached hydrogen (secondary N) is 1. The van der Waals surface area contributed by atoms with Gasteiger partial charge in [-0.2, -0.15) is 0 Å². The van der Waals surface area contributed by atoms with Crippen molar-refractivity contribution < 1.29 is 9.59 Å². The molecule has 2 aliphatic rings. The Hall–Kier alpha value is -3.94. The number of hydrogen-bond donors (Lipinski definition) is 1. The highest BCUT2D eigenvalue weighted by Crippen LogP contribution is 2.54. The number of amides is 2. The number of carbonyl (C=O) groups excluding carboxylic acids is 2. The minimum atomic E-state index is -0.875. The number of nitrogens with zero attached hydrogens (tertiary/aromatic N) is 5. The highest BCUT2D eigenvalue weighted by Gasteiger charge is 2.60. The number of carbonyl (C=O) groups is 2. The number of aromatic nitrogens is 4. The van der Waals surface area contributed by atoms with Gasteiger partial charge >= 0.3 is 0 Å². The Labute approximate surface area is 184 Å². The molecule has 1 fully saturated rings. The fourth-order valence-electron chi connectivity index (χ4n) is 5.34. The van der Waals surface area contributed by atoms with Gasteiger partial charge in [0.05, 0.1) is 17.4 Å². The van der Waals surface area contributed by atoms with Crippen molar-refractivity contribution in [2.24, 2.45) is 14.1 Å². The minimum absolute atomic E-state index is 0.0813. The number of fused-ring (bicyclic) bond motifs is 3. The molecule has 0 saturated carbocycles. The third-order valence-corrected chi connectivity index (χ3v) is 6.92. The summed E-state index contributed by atoms with van der Waals surface area (Å²) in [6.07, 6.45) is 5.83. The van der Waals surface area contributed by atoms with E-state index in [1.807, 2.05) is 71.9 Å². The Bertz CT molecular complexity index is 1400. The number of hydrogen-bond acceptors (Lipinski definition) is 4. The molecule has 2 aromatic carbocycles. The van der Waals surface area contributed by atoms with Crippen LogP contribution >= 0.6 is 0 Å². The monoisotopic (exact) mass is 426 g/mol. The van der Waals surface area contributed by atoms with Gasteiger partial charge in [0.1, 0.15) is 17.3 Å². The zero-order valence-electron chi connectivity index (χ0n) is 17.8. The lowest BCUT2D eigenvalue weighted by atomic mass is 9.74. The van der Waals surface area contributed by atoms with E-state index in [4.69, 9.17) is 0 Å². The third-order valence-electron chi connectivity index (χ3n) is 6.92. The highest BCUT2D eigenvalue weighted by molar-refractivity contribution is 6.08. The largest absolute Gasteiger partial charge is 0.336 e. The summed E-state index contributed by atoms with van der Waals surface area (Å²) in [7, 11) is 3.82. The summed E-state index contributed by atoms with van der Waals surface area (Å²) in [5.41, 5.74) is 3.14. The molecule has 2 aromatic heterocycles. The van der Waals surface area contributed by atoms with E-state index >= 15 is 0 Å². The van der Waals surface area contributed by atoms with Crippen LogP contribution in [0.3, 0.4) is 0 Å². The first kappa shape index (κ1) is 18.8. The van der Waals surface area contributed by atoms with Crippen LogP contribution < -0.4 is 5.32 Å². The normalized spacial score (nSPS) is 22.0. The van der Waals surface area contributed by atoms with Gasteiger partial charge in [-0.3, -0.25) is 9.59 Å². The number of aryl methyl sites for hydroxylation is 2. The Morgan fingerprint density at radius 3 is 2.78 bits per heavy atom. The first-order valence-electron chi connectivity index (χ1n) is 10.6. The number of imidazole rings is 2. The van der Waals surface area contributed by atoms with E-state index in [1.54, 1.807) is 17.4 Å². The van der Waals surface area contributed by atoms with Crippen molar-refractivity contribution in [3.8, 4) is 0 Å². The predicted molar refractivity (Wildman–Crippen MR) is 119 cm³/mol. The second-order valence-electron chi connectivity index (χ2n) is 8.58. The van der Waals surface area contributed by atoms with Gasteiger partial charge in [0.25, 0.3) is 5.91 Å². The number of benzene rings is 2. The molecule has 0 radical (unpaired) electrons. The summed E-state index contributed by atoms with van der Waals surface area (Å²) >= 11 is 0. The molecule has 2 atom stereocenters. The van der Waals surface area contributed by atoms with Gasteiger partial charge in [-0.1, -0.05) is 18.2 Å². The quantitative estimate of drug-likeness (QED) is 0.534. The molecule has 6 rings (SSSR count). The zero-order chi connectivity index (χ0) is 22.0. The molecule has 32 heavy (non-hydrogen) atoms. The second kappa shape index (κ2) is 6.53. The fraction of sp³-hybridized carbons (Fsp3) is 0.250. The topological polar surface area (TPSA) is 85.1 Å². The van der Waals surface area contributed by atoms with Crippen molar-refractivity contribution in [2.45, 2.75) is 17.9 Å². The maximum absolute atomic E-state index is 13.8. The third kappa shape index (κ3) is 2.37. The van der Waals surface area contributed by atoms with Gasteiger partial charge in [0, 0.05) is 44.3 Å². The zero-order valence-corrected chi connectivity index (χ0v) is 17.8. The Kier molecular flexibility index (Phi) is 3.83. The molecule has 8 heteroatoms. The lowest BCUT2D eigenvalue weighted by Crippen LogP contribution is -2.43. The standard InChI is InChI=1S/C24H22N6O2/c1-28-12-10-25-21(28)20-24(16-5-3-4-6-17(16)27-23(24)32)9-11-30(20)22(31)15-7-8-19-18(13-15)26-14-29(19)2/h3-8,10,12-14,20H,9,11H2,1-2H3,(H,27,32)/t20-,24+/m0/s1. The van der Waals surface area contributed by atoms with Crippen molar-refractivity contribution in [1.82, 2.24) is 24.0 Å². The smallest absolute Gasteiger partial charge is 0.254 e. The van der Waals surface area contributed by atoms with Crippen LogP contribution in [0.2, 0.25) is 0 Å². The molecule has 4 heterocycles. The van der Waals surface area contributed by atoms with E-state index < -0.39 is 11.5 Å². The van der Waals surface area contributed by atoms with Crippen molar-refractivity contribution in [3.05, 3.63) is 78.1 Å². The molecular formula is C24H22N6O2. The second-order valence-corrected chi connectivity index (χ2v) is 8.58. The van der Waals surface area contributed by atoms with Gasteiger partial charge in [-0.25, -0.2) is 9.97 Å². The van der Waals surface area contributed by atoms with Gasteiger partial charge in [-0.15, -0.1) is 0 Å². The molecule has 2 amide bonds. The van der Waals surface area contributed by atoms with Crippen molar-refractivity contribution in [2.75, 3.05) is 11.9 Å². The summed E-state index contributed by atoms with van der Waals surface area (Å²) in [5.74, 6) is 0.489. The Morgan fingerprint density at radius 1 is 1.12 bits per heavy atom. The average molecular weight is 426 g/mol. The summed E-state index contributed by atoms with van der Waals surface area (Å²) < 4.78 is 3.82. The SMILES string of the molecule is Cn1ccnc1[C@@H]1N(C(=O)c2ccc3c(c2)ncn3C)CC[C@]12C(=O)Nc1ccccc12.